The molecule has 13 heavy (non-hydrogen) atoms. The standard InChI is InChI=1S/C11H10N2/c1-2-4-10-9(3-1)5-6-11-12-7-8-13(10)11/h1-4,7-8H,5-6H2/p+1. The van der Waals surface area contributed by atoms with E-state index in [0.717, 1.165) is 12.8 Å². The van der Waals surface area contributed by atoms with Crippen LogP contribution in [0.5, 0.6) is 0 Å². The van der Waals surface area contributed by atoms with Gasteiger partial charge in [0, 0.05) is 0 Å². The number of hydrogen-bond acceptors (Lipinski definition) is 0. The minimum Gasteiger partial charge on any atom is -0.247 e. The van der Waals surface area contributed by atoms with Crippen LogP contribution in [0, 0.1) is 0 Å². The number of para-hydroxylation sites is 1. The van der Waals surface area contributed by atoms with E-state index in [2.05, 4.69) is 40.0 Å². The molecule has 0 bridgehead atoms. The second kappa shape index (κ2) is 2.46. The molecule has 2 heteroatoms. The first-order chi connectivity index (χ1) is 6.45. The van der Waals surface area contributed by atoms with Gasteiger partial charge in [-0.2, -0.15) is 4.57 Å². The molecular formula is C11H11N2+. The van der Waals surface area contributed by atoms with E-state index in [1.54, 1.807) is 0 Å². The van der Waals surface area contributed by atoms with Gasteiger partial charge in [-0.3, -0.25) is 0 Å². The fourth-order valence-electron chi connectivity index (χ4n) is 2.00. The Bertz CT molecular complexity index is 443. The van der Waals surface area contributed by atoms with Gasteiger partial charge in [-0.05, 0) is 18.1 Å². The summed E-state index contributed by atoms with van der Waals surface area (Å²) in [6.07, 6.45) is 6.35. The van der Waals surface area contributed by atoms with Crippen molar-refractivity contribution in [3.63, 3.8) is 0 Å². The van der Waals surface area contributed by atoms with E-state index in [0.29, 0.717) is 0 Å². The van der Waals surface area contributed by atoms with Gasteiger partial charge in [-0.1, -0.05) is 18.2 Å². The first-order valence-electron chi connectivity index (χ1n) is 4.61. The van der Waals surface area contributed by atoms with E-state index < -0.39 is 0 Å². The van der Waals surface area contributed by atoms with Gasteiger partial charge in [0.2, 0.25) is 0 Å². The zero-order chi connectivity index (χ0) is 8.67. The molecule has 3 rings (SSSR count). The normalized spacial score (nSPS) is 13.5. The van der Waals surface area contributed by atoms with E-state index in [1.165, 1.54) is 17.1 Å². The third-order valence-electron chi connectivity index (χ3n) is 2.65. The van der Waals surface area contributed by atoms with Crippen molar-refractivity contribution in [3.05, 3.63) is 48.0 Å². The molecule has 1 N–H and O–H groups in total. The van der Waals surface area contributed by atoms with Gasteiger partial charge in [0.25, 0.3) is 5.82 Å². The molecule has 0 atom stereocenters. The highest BCUT2D eigenvalue weighted by Gasteiger charge is 2.20. The molecule has 2 heterocycles. The lowest BCUT2D eigenvalue weighted by atomic mass is 10.0. The average molecular weight is 171 g/mol. The number of imidazole rings is 1. The van der Waals surface area contributed by atoms with Gasteiger partial charge < -0.3 is 0 Å². The summed E-state index contributed by atoms with van der Waals surface area (Å²) in [5, 5.41) is 0. The minimum atomic E-state index is 1.12. The lowest BCUT2D eigenvalue weighted by Gasteiger charge is -2.11. The van der Waals surface area contributed by atoms with Crippen molar-refractivity contribution in [3.8, 4) is 5.69 Å². The summed E-state index contributed by atoms with van der Waals surface area (Å²) in [5.41, 5.74) is 2.77. The number of H-pyrrole nitrogens is 1. The van der Waals surface area contributed by atoms with Crippen molar-refractivity contribution in [2.75, 3.05) is 0 Å². The molecule has 0 amide bonds. The Hall–Kier alpha value is -1.57. The summed E-state index contributed by atoms with van der Waals surface area (Å²) in [7, 11) is 0. The van der Waals surface area contributed by atoms with Crippen LogP contribution in [0.3, 0.4) is 0 Å². The predicted molar refractivity (Wildman–Crippen MR) is 49.7 cm³/mol. The molecule has 0 spiro atoms. The summed E-state index contributed by atoms with van der Waals surface area (Å²) < 4.78 is 2.23. The van der Waals surface area contributed by atoms with Gasteiger partial charge in [0.15, 0.2) is 0 Å². The minimum absolute atomic E-state index is 1.12. The summed E-state index contributed by atoms with van der Waals surface area (Å²) in [6.45, 7) is 0. The molecule has 0 saturated heterocycles. The van der Waals surface area contributed by atoms with Gasteiger partial charge in [0.1, 0.15) is 18.1 Å². The first kappa shape index (κ1) is 6.89. The van der Waals surface area contributed by atoms with Crippen LogP contribution in [0.15, 0.2) is 36.7 Å². The van der Waals surface area contributed by atoms with Crippen LogP contribution < -0.4 is 4.57 Å². The zero-order valence-electron chi connectivity index (χ0n) is 7.33. The lowest BCUT2D eigenvalue weighted by Crippen LogP contribution is -2.37. The Kier molecular flexibility index (Phi) is 1.30. The van der Waals surface area contributed by atoms with Gasteiger partial charge in [0.05, 0.1) is 6.42 Å². The molecule has 2 aromatic rings. The van der Waals surface area contributed by atoms with Crippen molar-refractivity contribution in [2.45, 2.75) is 12.8 Å². The van der Waals surface area contributed by atoms with Crippen molar-refractivity contribution in [2.24, 2.45) is 0 Å². The van der Waals surface area contributed by atoms with Crippen LogP contribution in [0.2, 0.25) is 0 Å². The van der Waals surface area contributed by atoms with Crippen LogP contribution in [0.1, 0.15) is 11.4 Å². The van der Waals surface area contributed by atoms with Crippen molar-refractivity contribution < 1.29 is 4.57 Å². The second-order valence-electron chi connectivity index (χ2n) is 3.41. The quantitative estimate of drug-likeness (QED) is 0.578. The fourth-order valence-corrected chi connectivity index (χ4v) is 2.00. The molecule has 0 radical (unpaired) electrons. The molecule has 0 unspecified atom stereocenters. The highest BCUT2D eigenvalue weighted by Crippen LogP contribution is 2.15. The van der Waals surface area contributed by atoms with Crippen molar-refractivity contribution >= 4 is 0 Å². The third-order valence-corrected chi connectivity index (χ3v) is 2.65. The predicted octanol–water partition coefficient (Wildman–Crippen LogP) is 1.39. The molecule has 1 aliphatic rings. The highest BCUT2D eigenvalue weighted by atomic mass is 15.1. The number of aryl methyl sites for hydroxylation is 2. The van der Waals surface area contributed by atoms with E-state index in [1.807, 2.05) is 6.20 Å². The first-order valence-corrected chi connectivity index (χ1v) is 4.61. The Morgan fingerprint density at radius 3 is 3.08 bits per heavy atom. The van der Waals surface area contributed by atoms with E-state index in [-0.39, 0.29) is 0 Å². The van der Waals surface area contributed by atoms with Gasteiger partial charge >= 0.3 is 0 Å². The maximum Gasteiger partial charge on any atom is 0.259 e. The fraction of sp³-hybridized carbons (Fsp3) is 0.182. The van der Waals surface area contributed by atoms with Gasteiger partial charge in [-0.25, -0.2) is 4.98 Å². The monoisotopic (exact) mass is 171 g/mol. The van der Waals surface area contributed by atoms with Crippen LogP contribution >= 0.6 is 0 Å². The number of benzene rings is 1. The zero-order valence-corrected chi connectivity index (χ0v) is 7.33. The number of nitrogens with zero attached hydrogens (tertiary/aromatic N) is 1. The number of rotatable bonds is 0. The molecule has 1 aromatic heterocycles. The molecule has 0 aliphatic carbocycles. The Labute approximate surface area is 76.9 Å². The summed E-state index contributed by atoms with van der Waals surface area (Å²) in [5.74, 6) is 1.30. The second-order valence-corrected chi connectivity index (χ2v) is 3.41. The average Bonchev–Trinajstić information content (AvgIpc) is 2.65. The van der Waals surface area contributed by atoms with Gasteiger partial charge in [-0.15, -0.1) is 0 Å². The van der Waals surface area contributed by atoms with Crippen molar-refractivity contribution in [1.82, 2.24) is 4.98 Å². The highest BCUT2D eigenvalue weighted by molar-refractivity contribution is 5.35. The Balaban J connectivity index is 2.30. The van der Waals surface area contributed by atoms with Crippen LogP contribution in [0.25, 0.3) is 5.69 Å². The topological polar surface area (TPSA) is 19.7 Å². The van der Waals surface area contributed by atoms with E-state index in [9.17, 15) is 0 Å². The number of fused-ring (bicyclic) bond motifs is 3. The number of hydrogen-bond donors (Lipinski definition) is 1. The molecule has 0 fully saturated rings. The Morgan fingerprint density at radius 2 is 2.08 bits per heavy atom. The van der Waals surface area contributed by atoms with Crippen molar-refractivity contribution in [1.29, 1.82) is 0 Å². The number of nitrogens with one attached hydrogen (secondary N) is 1. The largest absolute Gasteiger partial charge is 0.259 e. The lowest BCUT2D eigenvalue weighted by molar-refractivity contribution is -0.606. The number of aromatic nitrogens is 2. The molecular weight excluding hydrogens is 160 g/mol. The SMILES string of the molecule is c1ccc2c(c1)CCc1[nH]cc[n+]1-2. The molecule has 0 saturated carbocycles. The molecule has 1 aromatic carbocycles. The molecule has 1 aliphatic heterocycles. The Morgan fingerprint density at radius 1 is 1.15 bits per heavy atom. The maximum atomic E-state index is 3.26. The van der Waals surface area contributed by atoms with Crippen LogP contribution in [0.4, 0.5) is 0 Å². The third kappa shape index (κ3) is 0.917. The molecule has 64 valence electrons. The van der Waals surface area contributed by atoms with Crippen LogP contribution in [-0.4, -0.2) is 4.98 Å². The summed E-state index contributed by atoms with van der Waals surface area (Å²) in [6, 6.07) is 8.58. The maximum absolute atomic E-state index is 3.26. The molecule has 2 nitrogen and oxygen atoms in total. The number of aromatic amines is 1. The smallest absolute Gasteiger partial charge is 0.247 e. The summed E-state index contributed by atoms with van der Waals surface area (Å²) >= 11 is 0. The summed E-state index contributed by atoms with van der Waals surface area (Å²) in [4.78, 5) is 3.26. The van der Waals surface area contributed by atoms with E-state index >= 15 is 0 Å². The van der Waals surface area contributed by atoms with Crippen LogP contribution in [-0.2, 0) is 12.8 Å². The van der Waals surface area contributed by atoms with E-state index in [4.69, 9.17) is 0 Å².